The Hall–Kier alpha value is -1.06. The highest BCUT2D eigenvalue weighted by atomic mass is 16.5. The van der Waals surface area contributed by atoms with Crippen LogP contribution in [0.15, 0.2) is 24.3 Å². The van der Waals surface area contributed by atoms with Crippen molar-refractivity contribution in [2.24, 2.45) is 0 Å². The van der Waals surface area contributed by atoms with Crippen LogP contribution in [0.3, 0.4) is 0 Å². The Kier molecular flexibility index (Phi) is 5.39. The lowest BCUT2D eigenvalue weighted by atomic mass is 10.0. The fourth-order valence-corrected chi connectivity index (χ4v) is 4.90. The molecule has 0 saturated carbocycles. The van der Waals surface area contributed by atoms with E-state index < -0.39 is 0 Å². The number of hydrogen-bond acceptors (Lipinski definition) is 3. The maximum atomic E-state index is 5.96. The molecule has 4 rings (SSSR count). The molecule has 132 valence electrons. The predicted molar refractivity (Wildman–Crippen MR) is 98.5 cm³/mol. The largest absolute Gasteiger partial charge is 0.494 e. The van der Waals surface area contributed by atoms with Crippen molar-refractivity contribution in [3.05, 3.63) is 29.8 Å². The van der Waals surface area contributed by atoms with E-state index in [0.29, 0.717) is 6.04 Å². The minimum Gasteiger partial charge on any atom is -0.494 e. The number of likely N-dealkylation sites (tertiary alicyclic amines) is 1. The molecule has 0 aromatic heterocycles. The smallest absolute Gasteiger partial charge is 0.119 e. The Morgan fingerprint density at radius 1 is 0.875 bits per heavy atom. The van der Waals surface area contributed by atoms with E-state index >= 15 is 0 Å². The summed E-state index contributed by atoms with van der Waals surface area (Å²) in [6, 6.07) is 10.5. The molecule has 3 aliphatic heterocycles. The summed E-state index contributed by atoms with van der Waals surface area (Å²) in [7, 11) is 0. The van der Waals surface area contributed by atoms with Crippen molar-refractivity contribution in [3.63, 3.8) is 0 Å². The molecule has 2 unspecified atom stereocenters. The van der Waals surface area contributed by atoms with Crippen molar-refractivity contribution in [3.8, 4) is 5.75 Å². The van der Waals surface area contributed by atoms with Crippen molar-refractivity contribution in [2.75, 3.05) is 32.8 Å². The van der Waals surface area contributed by atoms with Crippen molar-refractivity contribution < 1.29 is 4.74 Å². The summed E-state index contributed by atoms with van der Waals surface area (Å²) in [6.07, 6.45) is 10.8. The third-order valence-corrected chi connectivity index (χ3v) is 6.20. The lowest BCUT2D eigenvalue weighted by Crippen LogP contribution is -2.31. The van der Waals surface area contributed by atoms with Gasteiger partial charge in [0.2, 0.25) is 0 Å². The monoisotopic (exact) mass is 328 g/mol. The molecular formula is C21H32N2O. The zero-order valence-electron chi connectivity index (χ0n) is 15.0. The van der Waals surface area contributed by atoms with Crippen LogP contribution in [0.25, 0.3) is 0 Å². The summed E-state index contributed by atoms with van der Waals surface area (Å²) in [5, 5.41) is 0. The molecule has 3 fully saturated rings. The van der Waals surface area contributed by atoms with E-state index in [1.165, 1.54) is 76.7 Å². The van der Waals surface area contributed by atoms with E-state index in [-0.39, 0.29) is 0 Å². The van der Waals surface area contributed by atoms with Gasteiger partial charge in [0.1, 0.15) is 5.75 Å². The maximum absolute atomic E-state index is 5.96. The van der Waals surface area contributed by atoms with Crippen LogP contribution >= 0.6 is 0 Å². The fraction of sp³-hybridized carbons (Fsp3) is 0.714. The third kappa shape index (κ3) is 3.78. The van der Waals surface area contributed by atoms with Gasteiger partial charge in [0.25, 0.3) is 0 Å². The van der Waals surface area contributed by atoms with Gasteiger partial charge >= 0.3 is 0 Å². The summed E-state index contributed by atoms with van der Waals surface area (Å²) in [4.78, 5) is 5.32. The zero-order chi connectivity index (χ0) is 16.2. The quantitative estimate of drug-likeness (QED) is 0.726. The van der Waals surface area contributed by atoms with Crippen molar-refractivity contribution in [1.29, 1.82) is 0 Å². The molecule has 2 atom stereocenters. The highest BCUT2D eigenvalue weighted by molar-refractivity contribution is 5.30. The number of piperidine rings is 1. The first-order valence-corrected chi connectivity index (χ1v) is 10.1. The van der Waals surface area contributed by atoms with Gasteiger partial charge < -0.3 is 9.64 Å². The standard InChI is InChI=1S/C21H32N2O/c1-2-13-22(14-3-1)15-5-17-24-20-10-7-18(8-11-20)21-12-9-19-6-4-16-23(19)21/h7-8,10-11,19,21H,1-6,9,12-17H2. The van der Waals surface area contributed by atoms with Gasteiger partial charge in [0.05, 0.1) is 6.61 Å². The molecule has 0 bridgehead atoms. The molecule has 1 aromatic rings. The van der Waals surface area contributed by atoms with Gasteiger partial charge in [-0.25, -0.2) is 0 Å². The highest BCUT2D eigenvalue weighted by Crippen LogP contribution is 2.41. The Morgan fingerprint density at radius 3 is 2.54 bits per heavy atom. The average Bonchev–Trinajstić information content (AvgIpc) is 3.24. The van der Waals surface area contributed by atoms with Crippen molar-refractivity contribution in [1.82, 2.24) is 9.80 Å². The number of rotatable bonds is 6. The van der Waals surface area contributed by atoms with Gasteiger partial charge in [-0.05, 0) is 82.3 Å². The molecule has 3 nitrogen and oxygen atoms in total. The Bertz CT molecular complexity index is 509. The molecule has 1 aromatic carbocycles. The van der Waals surface area contributed by atoms with E-state index in [1.807, 2.05) is 0 Å². The van der Waals surface area contributed by atoms with Gasteiger partial charge in [-0.15, -0.1) is 0 Å². The number of ether oxygens (including phenoxy) is 1. The van der Waals surface area contributed by atoms with Crippen molar-refractivity contribution in [2.45, 2.75) is 63.5 Å². The van der Waals surface area contributed by atoms with Gasteiger partial charge in [0.15, 0.2) is 0 Å². The highest BCUT2D eigenvalue weighted by Gasteiger charge is 2.36. The molecule has 0 radical (unpaired) electrons. The first kappa shape index (κ1) is 16.4. The van der Waals surface area contributed by atoms with Crippen LogP contribution < -0.4 is 4.74 Å². The summed E-state index contributed by atoms with van der Waals surface area (Å²) in [5.74, 6) is 1.04. The number of hydrogen-bond donors (Lipinski definition) is 0. The van der Waals surface area contributed by atoms with E-state index in [9.17, 15) is 0 Å². The van der Waals surface area contributed by atoms with Gasteiger partial charge in [-0.3, -0.25) is 4.90 Å². The van der Waals surface area contributed by atoms with E-state index in [0.717, 1.165) is 24.8 Å². The third-order valence-electron chi connectivity index (χ3n) is 6.20. The second-order valence-corrected chi connectivity index (χ2v) is 7.80. The first-order valence-electron chi connectivity index (χ1n) is 10.1. The van der Waals surface area contributed by atoms with Crippen LogP contribution in [0, 0.1) is 0 Å². The molecule has 0 spiro atoms. The second kappa shape index (κ2) is 7.88. The summed E-state index contributed by atoms with van der Waals surface area (Å²) in [5.41, 5.74) is 1.49. The van der Waals surface area contributed by atoms with Crippen LogP contribution in [0.1, 0.15) is 63.0 Å². The van der Waals surface area contributed by atoms with Crippen LogP contribution in [0.2, 0.25) is 0 Å². The molecule has 0 N–H and O–H groups in total. The minimum absolute atomic E-state index is 0.658. The topological polar surface area (TPSA) is 15.7 Å². The SMILES string of the molecule is c1cc(C2CCC3CCCN32)ccc1OCCCN1CCCCC1. The maximum Gasteiger partial charge on any atom is 0.119 e. The van der Waals surface area contributed by atoms with Crippen LogP contribution in [-0.4, -0.2) is 48.6 Å². The first-order chi connectivity index (χ1) is 11.9. The van der Waals surface area contributed by atoms with E-state index in [4.69, 9.17) is 4.74 Å². The molecule has 3 heterocycles. The van der Waals surface area contributed by atoms with Gasteiger partial charge in [-0.1, -0.05) is 18.6 Å². The molecule has 3 saturated heterocycles. The summed E-state index contributed by atoms with van der Waals surface area (Å²) >= 11 is 0. The zero-order valence-corrected chi connectivity index (χ0v) is 15.0. The Morgan fingerprint density at radius 2 is 1.71 bits per heavy atom. The van der Waals surface area contributed by atoms with Gasteiger partial charge in [0, 0.05) is 18.6 Å². The Labute approximate surface area is 147 Å². The van der Waals surface area contributed by atoms with E-state index in [1.54, 1.807) is 0 Å². The summed E-state index contributed by atoms with van der Waals surface area (Å²) in [6.45, 7) is 5.90. The molecule has 0 amide bonds. The minimum atomic E-state index is 0.658. The average molecular weight is 329 g/mol. The molecular weight excluding hydrogens is 296 g/mol. The molecule has 24 heavy (non-hydrogen) atoms. The molecule has 3 aliphatic rings. The second-order valence-electron chi connectivity index (χ2n) is 7.80. The lowest BCUT2D eigenvalue weighted by molar-refractivity contribution is 0.205. The summed E-state index contributed by atoms with van der Waals surface area (Å²) < 4.78 is 5.96. The Balaban J connectivity index is 1.22. The molecule has 0 aliphatic carbocycles. The van der Waals surface area contributed by atoms with Gasteiger partial charge in [-0.2, -0.15) is 0 Å². The predicted octanol–water partition coefficient (Wildman–Crippen LogP) is 4.24. The van der Waals surface area contributed by atoms with Crippen LogP contribution in [0.5, 0.6) is 5.75 Å². The van der Waals surface area contributed by atoms with Crippen LogP contribution in [-0.2, 0) is 0 Å². The number of nitrogens with zero attached hydrogens (tertiary/aromatic N) is 2. The van der Waals surface area contributed by atoms with Crippen LogP contribution in [0.4, 0.5) is 0 Å². The number of fused-ring (bicyclic) bond motifs is 1. The van der Waals surface area contributed by atoms with E-state index in [2.05, 4.69) is 34.1 Å². The lowest BCUT2D eigenvalue weighted by Gasteiger charge is -2.26. The normalized spacial score (nSPS) is 28.2. The number of benzene rings is 1. The fourth-order valence-electron chi connectivity index (χ4n) is 4.90. The molecule has 3 heteroatoms. The van der Waals surface area contributed by atoms with Crippen molar-refractivity contribution >= 4 is 0 Å².